The van der Waals surface area contributed by atoms with E-state index in [1.54, 1.807) is 0 Å². The number of rotatable bonds is 7. The van der Waals surface area contributed by atoms with Gasteiger partial charge in [0.15, 0.2) is 0 Å². The first-order valence-electron chi connectivity index (χ1n) is 11.2. The highest BCUT2D eigenvalue weighted by atomic mass is 35.5. The Morgan fingerprint density at radius 2 is 1.93 bits per heavy atom. The normalized spacial score (nSPS) is 20.1. The van der Waals surface area contributed by atoms with Crippen molar-refractivity contribution in [3.63, 3.8) is 0 Å². The molecule has 0 spiro atoms. The zero-order chi connectivity index (χ0) is 20.1. The monoisotopic (exact) mass is 412 g/mol. The molecule has 1 unspecified atom stereocenters. The van der Waals surface area contributed by atoms with Gasteiger partial charge < -0.3 is 15.0 Å². The molecule has 0 amide bonds. The van der Waals surface area contributed by atoms with E-state index < -0.39 is 0 Å². The van der Waals surface area contributed by atoms with Crippen LogP contribution in [0.3, 0.4) is 0 Å². The maximum Gasteiger partial charge on any atom is 0.119 e. The lowest BCUT2D eigenvalue weighted by molar-refractivity contribution is 0.179. The molecule has 0 aromatic heterocycles. The molecule has 0 radical (unpaired) electrons. The van der Waals surface area contributed by atoms with E-state index in [9.17, 15) is 0 Å². The second kappa shape index (κ2) is 9.86. The number of fused-ring (bicyclic) bond motifs is 1. The SMILES string of the molecule is CCOc1ccc(Cl)c(CC2CCN(CCC3CCc4ccccc4N3)CC2)c1. The van der Waals surface area contributed by atoms with E-state index in [-0.39, 0.29) is 0 Å². The number of hydrogen-bond donors (Lipinski definition) is 1. The zero-order valence-corrected chi connectivity index (χ0v) is 18.3. The maximum absolute atomic E-state index is 6.44. The highest BCUT2D eigenvalue weighted by Gasteiger charge is 2.22. The molecule has 2 aromatic carbocycles. The number of halogens is 1. The van der Waals surface area contributed by atoms with Gasteiger partial charge in [-0.3, -0.25) is 0 Å². The van der Waals surface area contributed by atoms with Crippen molar-refractivity contribution in [1.82, 2.24) is 4.90 Å². The van der Waals surface area contributed by atoms with Crippen molar-refractivity contribution in [2.75, 3.05) is 31.6 Å². The smallest absolute Gasteiger partial charge is 0.119 e. The Morgan fingerprint density at radius 1 is 1.10 bits per heavy atom. The van der Waals surface area contributed by atoms with Crippen LogP contribution in [0.5, 0.6) is 5.75 Å². The molecule has 1 saturated heterocycles. The summed E-state index contributed by atoms with van der Waals surface area (Å²) in [6, 6.07) is 15.4. The number of para-hydroxylation sites is 1. The first-order chi connectivity index (χ1) is 14.2. The van der Waals surface area contributed by atoms with Gasteiger partial charge in [-0.2, -0.15) is 0 Å². The second-order valence-corrected chi connectivity index (χ2v) is 8.91. The molecule has 4 heteroatoms. The zero-order valence-electron chi connectivity index (χ0n) is 17.5. The number of nitrogens with one attached hydrogen (secondary N) is 1. The third-order valence-corrected chi connectivity index (χ3v) is 6.85. The van der Waals surface area contributed by atoms with Crippen molar-refractivity contribution in [1.29, 1.82) is 0 Å². The third-order valence-electron chi connectivity index (χ3n) is 6.48. The molecule has 2 aliphatic rings. The topological polar surface area (TPSA) is 24.5 Å². The summed E-state index contributed by atoms with van der Waals surface area (Å²) in [5.41, 5.74) is 4.05. The predicted octanol–water partition coefficient (Wildman–Crippen LogP) is 5.81. The predicted molar refractivity (Wildman–Crippen MR) is 122 cm³/mol. The number of aryl methyl sites for hydroxylation is 1. The number of piperidine rings is 1. The van der Waals surface area contributed by atoms with E-state index in [1.165, 1.54) is 68.6 Å². The number of hydrogen-bond acceptors (Lipinski definition) is 3. The van der Waals surface area contributed by atoms with Crippen LogP contribution in [0.15, 0.2) is 42.5 Å². The molecule has 2 aromatic rings. The lowest BCUT2D eigenvalue weighted by Crippen LogP contribution is -2.37. The standard InChI is InChI=1S/C25H33ClN2O/c1-2-29-23-9-10-24(26)21(18-23)17-19-11-14-28(15-12-19)16-13-22-8-7-20-5-3-4-6-25(20)27-22/h3-6,9-10,18-19,22,27H,2,7-8,11-17H2,1H3. The van der Waals surface area contributed by atoms with Crippen LogP contribution in [0.2, 0.25) is 5.02 Å². The van der Waals surface area contributed by atoms with Gasteiger partial charge in [-0.25, -0.2) is 0 Å². The first kappa shape index (κ1) is 20.6. The van der Waals surface area contributed by atoms with E-state index in [0.29, 0.717) is 12.6 Å². The van der Waals surface area contributed by atoms with Gasteiger partial charge in [0.1, 0.15) is 5.75 Å². The van der Waals surface area contributed by atoms with E-state index >= 15 is 0 Å². The van der Waals surface area contributed by atoms with E-state index in [2.05, 4.69) is 40.5 Å². The minimum Gasteiger partial charge on any atom is -0.494 e. The fourth-order valence-corrected chi connectivity index (χ4v) is 4.94. The molecule has 1 N–H and O–H groups in total. The Hall–Kier alpha value is -1.71. The fourth-order valence-electron chi connectivity index (χ4n) is 4.75. The number of nitrogens with zero attached hydrogens (tertiary/aromatic N) is 1. The molecule has 3 nitrogen and oxygen atoms in total. The average Bonchev–Trinajstić information content (AvgIpc) is 2.75. The molecule has 2 aliphatic heterocycles. The van der Waals surface area contributed by atoms with Crippen LogP contribution in [0.25, 0.3) is 0 Å². The Balaban J connectivity index is 1.22. The van der Waals surface area contributed by atoms with Crippen molar-refractivity contribution in [3.05, 3.63) is 58.6 Å². The van der Waals surface area contributed by atoms with Gasteiger partial charge in [0.25, 0.3) is 0 Å². The lowest BCUT2D eigenvalue weighted by atomic mass is 9.89. The van der Waals surface area contributed by atoms with Gasteiger partial charge in [0.05, 0.1) is 6.61 Å². The summed E-state index contributed by atoms with van der Waals surface area (Å²) < 4.78 is 5.65. The van der Waals surface area contributed by atoms with Crippen molar-refractivity contribution in [2.24, 2.45) is 5.92 Å². The molecule has 1 fully saturated rings. The van der Waals surface area contributed by atoms with Gasteiger partial charge >= 0.3 is 0 Å². The molecule has 0 aliphatic carbocycles. The summed E-state index contributed by atoms with van der Waals surface area (Å²) in [6.45, 7) is 6.33. The van der Waals surface area contributed by atoms with E-state index in [1.807, 2.05) is 19.1 Å². The van der Waals surface area contributed by atoms with Crippen LogP contribution in [0.4, 0.5) is 5.69 Å². The van der Waals surface area contributed by atoms with E-state index in [0.717, 1.165) is 23.1 Å². The summed E-state index contributed by atoms with van der Waals surface area (Å²) in [6.07, 6.45) is 7.28. The molecular weight excluding hydrogens is 380 g/mol. The Bertz CT molecular complexity index is 801. The molecule has 0 saturated carbocycles. The van der Waals surface area contributed by atoms with Gasteiger partial charge in [-0.15, -0.1) is 0 Å². The Labute approximate surface area is 180 Å². The largest absolute Gasteiger partial charge is 0.494 e. The Kier molecular flexibility index (Phi) is 6.99. The van der Waals surface area contributed by atoms with Crippen molar-refractivity contribution in [2.45, 2.75) is 51.5 Å². The summed E-state index contributed by atoms with van der Waals surface area (Å²) in [5, 5.41) is 4.62. The Morgan fingerprint density at radius 3 is 2.76 bits per heavy atom. The summed E-state index contributed by atoms with van der Waals surface area (Å²) in [5.74, 6) is 1.66. The molecule has 2 heterocycles. The van der Waals surface area contributed by atoms with Crippen LogP contribution < -0.4 is 10.1 Å². The molecule has 29 heavy (non-hydrogen) atoms. The van der Waals surface area contributed by atoms with Crippen LogP contribution >= 0.6 is 11.6 Å². The minimum atomic E-state index is 0.614. The van der Waals surface area contributed by atoms with Gasteiger partial charge in [0.2, 0.25) is 0 Å². The molecular formula is C25H33ClN2O. The maximum atomic E-state index is 6.44. The number of benzene rings is 2. The quantitative estimate of drug-likeness (QED) is 0.620. The average molecular weight is 413 g/mol. The van der Waals surface area contributed by atoms with Crippen LogP contribution in [0, 0.1) is 5.92 Å². The van der Waals surface area contributed by atoms with Crippen LogP contribution in [0.1, 0.15) is 43.7 Å². The van der Waals surface area contributed by atoms with Gasteiger partial charge in [-0.05, 0) is 99.8 Å². The van der Waals surface area contributed by atoms with Crippen molar-refractivity contribution < 1.29 is 4.74 Å². The summed E-state index contributed by atoms with van der Waals surface area (Å²) in [4.78, 5) is 2.65. The van der Waals surface area contributed by atoms with Crippen LogP contribution in [-0.2, 0) is 12.8 Å². The number of anilines is 1. The summed E-state index contributed by atoms with van der Waals surface area (Å²) in [7, 11) is 0. The lowest BCUT2D eigenvalue weighted by Gasteiger charge is -2.34. The van der Waals surface area contributed by atoms with Crippen LogP contribution in [-0.4, -0.2) is 37.2 Å². The van der Waals surface area contributed by atoms with E-state index in [4.69, 9.17) is 16.3 Å². The first-order valence-corrected chi connectivity index (χ1v) is 11.6. The summed E-state index contributed by atoms with van der Waals surface area (Å²) >= 11 is 6.44. The number of likely N-dealkylation sites (tertiary alicyclic amines) is 1. The third kappa shape index (κ3) is 5.46. The number of ether oxygens (including phenoxy) is 1. The molecule has 0 bridgehead atoms. The molecule has 156 valence electrons. The molecule has 1 atom stereocenters. The van der Waals surface area contributed by atoms with Crippen molar-refractivity contribution in [3.8, 4) is 5.75 Å². The highest BCUT2D eigenvalue weighted by molar-refractivity contribution is 6.31. The van der Waals surface area contributed by atoms with Crippen molar-refractivity contribution >= 4 is 17.3 Å². The van der Waals surface area contributed by atoms with Gasteiger partial charge in [0, 0.05) is 23.3 Å². The fraction of sp³-hybridized carbons (Fsp3) is 0.520. The van der Waals surface area contributed by atoms with Gasteiger partial charge in [-0.1, -0.05) is 29.8 Å². The second-order valence-electron chi connectivity index (χ2n) is 8.50. The minimum absolute atomic E-state index is 0.614. The molecule has 4 rings (SSSR count). The highest BCUT2D eigenvalue weighted by Crippen LogP contribution is 2.29.